The van der Waals surface area contributed by atoms with E-state index in [0.29, 0.717) is 27.4 Å². The molecule has 2 aromatic heterocycles. The number of benzene rings is 2. The van der Waals surface area contributed by atoms with Gasteiger partial charge in [0.2, 0.25) is 10.0 Å². The largest absolute Gasteiger partial charge is 0.491 e. The summed E-state index contributed by atoms with van der Waals surface area (Å²) in [5, 5.41) is 9.83. The second-order valence-corrected chi connectivity index (χ2v) is 11.5. The number of ether oxygens (including phenoxy) is 2. The number of primary amides is 1. The van der Waals surface area contributed by atoms with E-state index >= 15 is 0 Å². The number of aromatic nitrogens is 2. The van der Waals surface area contributed by atoms with Crippen LogP contribution in [0.2, 0.25) is 5.02 Å². The molecular formula is C27H27ClN4O6S. The highest BCUT2D eigenvalue weighted by Gasteiger charge is 2.36. The number of nitrogens with zero attached hydrogens (tertiary/aromatic N) is 2. The monoisotopic (exact) mass is 570 g/mol. The number of halogens is 1. The molecule has 3 heterocycles. The molecule has 4 N–H and O–H groups in total. The summed E-state index contributed by atoms with van der Waals surface area (Å²) in [6.07, 6.45) is 1.18. The molecule has 1 amide bonds. The summed E-state index contributed by atoms with van der Waals surface area (Å²) in [5.41, 5.74) is 9.23. The summed E-state index contributed by atoms with van der Waals surface area (Å²) in [5.74, 6) is -0.268. The van der Waals surface area contributed by atoms with Gasteiger partial charge < -0.3 is 25.3 Å². The molecule has 0 bridgehead atoms. The van der Waals surface area contributed by atoms with Crippen molar-refractivity contribution in [2.24, 2.45) is 5.73 Å². The minimum Gasteiger partial charge on any atom is -0.491 e. The molecule has 0 aliphatic carbocycles. The Bertz CT molecular complexity index is 1640. The van der Waals surface area contributed by atoms with Crippen molar-refractivity contribution < 1.29 is 27.8 Å². The molecule has 10 nitrogen and oxygen atoms in total. The first-order chi connectivity index (χ1) is 18.7. The highest BCUT2D eigenvalue weighted by molar-refractivity contribution is 7.89. The molecule has 1 saturated heterocycles. The Morgan fingerprint density at radius 1 is 1.26 bits per heavy atom. The Balaban J connectivity index is 1.31. The van der Waals surface area contributed by atoms with Gasteiger partial charge in [-0.1, -0.05) is 23.7 Å². The smallest absolute Gasteiger partial charge is 0.266 e. The number of hydrogen-bond acceptors (Lipinski definition) is 7. The summed E-state index contributed by atoms with van der Waals surface area (Å²) < 4.78 is 40.5. The third-order valence-electron chi connectivity index (χ3n) is 6.59. The number of aliphatic hydroxyl groups is 1. The molecule has 0 saturated carbocycles. The van der Waals surface area contributed by atoms with Gasteiger partial charge in [0.05, 0.1) is 18.9 Å². The first-order valence-electron chi connectivity index (χ1n) is 12.2. The maximum Gasteiger partial charge on any atom is 0.266 e. The van der Waals surface area contributed by atoms with Crippen molar-refractivity contribution >= 4 is 38.4 Å². The Morgan fingerprint density at radius 2 is 2.08 bits per heavy atom. The molecule has 39 heavy (non-hydrogen) atoms. The van der Waals surface area contributed by atoms with Gasteiger partial charge in [0.25, 0.3) is 5.91 Å². The normalized spacial score (nSPS) is 16.4. The average Bonchev–Trinajstić information content (AvgIpc) is 3.32. The third-order valence-corrected chi connectivity index (χ3v) is 8.78. The molecule has 1 atom stereocenters. The van der Waals surface area contributed by atoms with Gasteiger partial charge >= 0.3 is 0 Å². The molecule has 2 aromatic carbocycles. The van der Waals surface area contributed by atoms with Crippen molar-refractivity contribution in [1.29, 1.82) is 0 Å². The van der Waals surface area contributed by atoms with Gasteiger partial charge in [0, 0.05) is 40.8 Å². The van der Waals surface area contributed by atoms with E-state index in [4.69, 9.17) is 26.8 Å². The number of H-pyrrole nitrogens is 1. The van der Waals surface area contributed by atoms with E-state index in [0.717, 1.165) is 16.7 Å². The fraction of sp³-hybridized carbons (Fsp3) is 0.259. The molecule has 1 fully saturated rings. The van der Waals surface area contributed by atoms with E-state index in [-0.39, 0.29) is 43.5 Å². The number of carbonyl (C=O) groups excluding carboxylic acids is 1. The van der Waals surface area contributed by atoms with Gasteiger partial charge in [-0.2, -0.15) is 4.31 Å². The van der Waals surface area contributed by atoms with Crippen LogP contribution in [0, 0.1) is 6.92 Å². The van der Waals surface area contributed by atoms with Crippen LogP contribution >= 0.6 is 11.6 Å². The van der Waals surface area contributed by atoms with Gasteiger partial charge in [-0.05, 0) is 54.4 Å². The molecule has 5 rings (SSSR count). The second-order valence-electron chi connectivity index (χ2n) is 9.22. The number of aliphatic hydroxyl groups excluding tert-OH is 1. The minimum atomic E-state index is -4.12. The molecule has 204 valence electrons. The van der Waals surface area contributed by atoms with Crippen LogP contribution in [0.15, 0.2) is 59.6 Å². The number of sulfonamides is 1. The highest BCUT2D eigenvalue weighted by Crippen LogP contribution is 2.32. The van der Waals surface area contributed by atoms with Crippen LogP contribution in [0.3, 0.4) is 0 Å². The van der Waals surface area contributed by atoms with E-state index in [1.165, 1.54) is 10.4 Å². The maximum atomic E-state index is 13.7. The first-order valence-corrected chi connectivity index (χ1v) is 14.0. The van der Waals surface area contributed by atoms with Gasteiger partial charge in [-0.3, -0.25) is 9.78 Å². The number of aryl methyl sites for hydroxylation is 1. The van der Waals surface area contributed by atoms with Crippen LogP contribution in [-0.4, -0.2) is 66.1 Å². The lowest BCUT2D eigenvalue weighted by Gasteiger charge is -2.32. The number of nitrogens with one attached hydrogen (secondary N) is 1. The molecule has 1 aliphatic rings. The van der Waals surface area contributed by atoms with Crippen LogP contribution in [0.1, 0.15) is 21.7 Å². The Kier molecular flexibility index (Phi) is 7.61. The van der Waals surface area contributed by atoms with Crippen LogP contribution in [0.4, 0.5) is 0 Å². The van der Waals surface area contributed by atoms with Crippen LogP contribution in [0.25, 0.3) is 22.0 Å². The number of hydrogen-bond donors (Lipinski definition) is 3. The molecule has 0 radical (unpaired) electrons. The van der Waals surface area contributed by atoms with Gasteiger partial charge in [0.15, 0.2) is 0 Å². The van der Waals surface area contributed by atoms with Crippen LogP contribution in [0.5, 0.6) is 5.75 Å². The number of carbonyl (C=O) groups is 1. The number of pyridine rings is 1. The molecular weight excluding hydrogens is 544 g/mol. The average molecular weight is 571 g/mol. The summed E-state index contributed by atoms with van der Waals surface area (Å²) in [7, 11) is -4.12. The molecule has 4 aromatic rings. The maximum absolute atomic E-state index is 13.7. The van der Waals surface area contributed by atoms with Crippen LogP contribution in [-0.2, 0) is 21.4 Å². The van der Waals surface area contributed by atoms with Crippen molar-refractivity contribution in [2.75, 3.05) is 26.3 Å². The Labute approximate surface area is 230 Å². The topological polar surface area (TPSA) is 148 Å². The lowest BCUT2D eigenvalue weighted by atomic mass is 10.0. The third kappa shape index (κ3) is 5.49. The van der Waals surface area contributed by atoms with Crippen molar-refractivity contribution in [2.45, 2.75) is 24.5 Å². The Morgan fingerprint density at radius 3 is 2.77 bits per heavy atom. The van der Waals surface area contributed by atoms with Gasteiger partial charge in [0.1, 0.15) is 29.0 Å². The molecule has 0 spiro atoms. The zero-order chi connectivity index (χ0) is 27.7. The lowest BCUT2D eigenvalue weighted by Crippen LogP contribution is -2.47. The number of aromatic amines is 1. The fourth-order valence-electron chi connectivity index (χ4n) is 4.64. The van der Waals surface area contributed by atoms with E-state index < -0.39 is 22.0 Å². The number of rotatable bonds is 8. The van der Waals surface area contributed by atoms with Crippen molar-refractivity contribution in [1.82, 2.24) is 14.3 Å². The molecule has 12 heteroatoms. The van der Waals surface area contributed by atoms with E-state index in [2.05, 4.69) is 9.97 Å². The first kappa shape index (κ1) is 27.1. The van der Waals surface area contributed by atoms with E-state index in [1.807, 2.05) is 31.2 Å². The van der Waals surface area contributed by atoms with Crippen LogP contribution < -0.4 is 10.5 Å². The number of fused-ring (bicyclic) bond motifs is 1. The summed E-state index contributed by atoms with van der Waals surface area (Å²) in [4.78, 5) is 19.0. The Hall–Kier alpha value is -3.48. The lowest BCUT2D eigenvalue weighted by molar-refractivity contribution is -0.0249. The predicted octanol–water partition coefficient (Wildman–Crippen LogP) is 3.25. The second kappa shape index (κ2) is 10.9. The summed E-state index contributed by atoms with van der Waals surface area (Å²) in [6, 6.07) is 14.0. The predicted molar refractivity (Wildman–Crippen MR) is 146 cm³/mol. The fourth-order valence-corrected chi connectivity index (χ4v) is 6.60. The number of nitrogens with two attached hydrogens (primary N) is 1. The molecule has 0 unspecified atom stereocenters. The zero-order valence-corrected chi connectivity index (χ0v) is 22.6. The molecule has 1 aliphatic heterocycles. The quantitative estimate of drug-likeness (QED) is 0.294. The standard InChI is InChI=1S/C27H27ClN4O6S/c1-16-10-20(5-6-22(16)17-2-4-19(14-33)30-12-17)38-15-21-13-32(8-9-37-21)39(35,36)26-23-11-18(28)3-7-24(23)31-25(26)27(29)34/h2-7,10-12,21,31,33H,8-9,13-15H2,1H3,(H2,29,34)/t21-/m0/s1. The summed E-state index contributed by atoms with van der Waals surface area (Å²) in [6.45, 7) is 2.28. The van der Waals surface area contributed by atoms with Crippen molar-refractivity contribution in [3.05, 3.63) is 76.7 Å². The SMILES string of the molecule is Cc1cc(OC[C@@H]2CN(S(=O)(=O)c3c(C(N)=O)[nH]c4ccc(Cl)cc34)CCO2)ccc1-c1ccc(CO)nc1. The zero-order valence-electron chi connectivity index (χ0n) is 21.1. The van der Waals surface area contributed by atoms with Crippen molar-refractivity contribution in [3.8, 4) is 16.9 Å². The van der Waals surface area contributed by atoms with Gasteiger partial charge in [-0.15, -0.1) is 0 Å². The van der Waals surface area contributed by atoms with Crippen molar-refractivity contribution in [3.63, 3.8) is 0 Å². The highest BCUT2D eigenvalue weighted by atomic mass is 35.5. The van der Waals surface area contributed by atoms with E-state index in [1.54, 1.807) is 24.4 Å². The summed E-state index contributed by atoms with van der Waals surface area (Å²) >= 11 is 6.12. The minimum absolute atomic E-state index is 0.0354. The van der Waals surface area contributed by atoms with E-state index in [9.17, 15) is 18.3 Å². The number of morpholine rings is 1. The van der Waals surface area contributed by atoms with Gasteiger partial charge in [-0.25, -0.2) is 8.42 Å². The number of amides is 1.